The second kappa shape index (κ2) is 8.96. The average molecular weight is 409 g/mol. The summed E-state index contributed by atoms with van der Waals surface area (Å²) in [5.41, 5.74) is 3.02. The fourth-order valence-electron chi connectivity index (χ4n) is 3.56. The zero-order valence-electron chi connectivity index (χ0n) is 16.3. The predicted molar refractivity (Wildman–Crippen MR) is 118 cm³/mol. The van der Waals surface area contributed by atoms with Crippen molar-refractivity contribution in [3.05, 3.63) is 60.0 Å². The Morgan fingerprint density at radius 1 is 1.21 bits per heavy atom. The highest BCUT2D eigenvalue weighted by atomic mass is 32.1. The van der Waals surface area contributed by atoms with E-state index in [9.17, 15) is 4.79 Å². The third kappa shape index (κ3) is 4.68. The van der Waals surface area contributed by atoms with Gasteiger partial charge in [-0.3, -0.25) is 5.32 Å². The molecule has 1 unspecified atom stereocenters. The smallest absolute Gasteiger partial charge is 0.321 e. The van der Waals surface area contributed by atoms with E-state index in [4.69, 9.17) is 4.74 Å². The van der Waals surface area contributed by atoms with Crippen LogP contribution in [0.5, 0.6) is 5.75 Å². The highest BCUT2D eigenvalue weighted by molar-refractivity contribution is 7.14. The maximum Gasteiger partial charge on any atom is 0.321 e. The van der Waals surface area contributed by atoms with Crippen LogP contribution in [0.3, 0.4) is 0 Å². The Balaban J connectivity index is 1.27. The Morgan fingerprint density at radius 2 is 2.00 bits per heavy atom. The van der Waals surface area contributed by atoms with Crippen molar-refractivity contribution in [1.82, 2.24) is 10.3 Å². The van der Waals surface area contributed by atoms with Crippen LogP contribution in [0.2, 0.25) is 0 Å². The molecule has 1 aliphatic rings. The SMILES string of the molecule is COc1ccccc1N1CCC(CNC(=O)Nc2nc(-c3ccccc3)cs2)C1. The van der Waals surface area contributed by atoms with Crippen molar-refractivity contribution >= 4 is 28.2 Å². The van der Waals surface area contributed by atoms with Crippen molar-refractivity contribution in [1.29, 1.82) is 0 Å². The van der Waals surface area contributed by atoms with Crippen molar-refractivity contribution in [3.63, 3.8) is 0 Å². The summed E-state index contributed by atoms with van der Waals surface area (Å²) < 4.78 is 5.46. The molecule has 6 nitrogen and oxygen atoms in total. The number of aromatic nitrogens is 1. The number of nitrogens with zero attached hydrogens (tertiary/aromatic N) is 2. The Kier molecular flexibility index (Phi) is 5.95. The lowest BCUT2D eigenvalue weighted by Crippen LogP contribution is -2.34. The molecule has 7 heteroatoms. The first kappa shape index (κ1) is 19.3. The normalized spacial score (nSPS) is 15.9. The molecule has 2 aromatic carbocycles. The third-order valence-electron chi connectivity index (χ3n) is 5.06. The number of carbonyl (C=O) groups excluding carboxylic acids is 1. The van der Waals surface area contributed by atoms with Gasteiger partial charge in [-0.15, -0.1) is 11.3 Å². The second-order valence-corrected chi connectivity index (χ2v) is 7.87. The number of amides is 2. The van der Waals surface area contributed by atoms with Gasteiger partial charge in [0, 0.05) is 30.6 Å². The maximum absolute atomic E-state index is 12.3. The van der Waals surface area contributed by atoms with Gasteiger partial charge >= 0.3 is 6.03 Å². The molecular formula is C22H24N4O2S. The van der Waals surface area contributed by atoms with Crippen molar-refractivity contribution in [2.75, 3.05) is 37.0 Å². The molecule has 150 valence electrons. The van der Waals surface area contributed by atoms with Crippen LogP contribution in [0.4, 0.5) is 15.6 Å². The van der Waals surface area contributed by atoms with Crippen molar-refractivity contribution in [2.45, 2.75) is 6.42 Å². The van der Waals surface area contributed by atoms with Crippen LogP contribution in [0.1, 0.15) is 6.42 Å². The van der Waals surface area contributed by atoms with E-state index in [0.29, 0.717) is 17.6 Å². The van der Waals surface area contributed by atoms with Crippen LogP contribution in [0.25, 0.3) is 11.3 Å². The lowest BCUT2D eigenvalue weighted by molar-refractivity contribution is 0.250. The summed E-state index contributed by atoms with van der Waals surface area (Å²) in [4.78, 5) is 19.1. The minimum Gasteiger partial charge on any atom is -0.495 e. The van der Waals surface area contributed by atoms with E-state index >= 15 is 0 Å². The molecule has 2 N–H and O–H groups in total. The predicted octanol–water partition coefficient (Wildman–Crippen LogP) is 4.47. The molecular weight excluding hydrogens is 384 g/mol. The van der Waals surface area contributed by atoms with E-state index in [1.165, 1.54) is 11.3 Å². The minimum atomic E-state index is -0.213. The van der Waals surface area contributed by atoms with Crippen LogP contribution in [0, 0.1) is 5.92 Å². The van der Waals surface area contributed by atoms with Gasteiger partial charge in [-0.25, -0.2) is 9.78 Å². The molecule has 0 saturated carbocycles. The number of methoxy groups -OCH3 is 1. The average Bonchev–Trinajstić information content (AvgIpc) is 3.42. The monoisotopic (exact) mass is 408 g/mol. The van der Waals surface area contributed by atoms with Gasteiger partial charge in [0.15, 0.2) is 5.13 Å². The quantitative estimate of drug-likeness (QED) is 0.632. The molecule has 1 atom stereocenters. The molecule has 1 aliphatic heterocycles. The number of urea groups is 1. The molecule has 0 bridgehead atoms. The van der Waals surface area contributed by atoms with Gasteiger partial charge in [-0.1, -0.05) is 42.5 Å². The minimum absolute atomic E-state index is 0.213. The number of hydrogen-bond acceptors (Lipinski definition) is 5. The Morgan fingerprint density at radius 3 is 2.83 bits per heavy atom. The summed E-state index contributed by atoms with van der Waals surface area (Å²) in [5, 5.41) is 8.37. The fourth-order valence-corrected chi connectivity index (χ4v) is 4.27. The molecule has 2 amide bonds. The maximum atomic E-state index is 12.3. The van der Waals surface area contributed by atoms with Crippen LogP contribution in [0.15, 0.2) is 60.0 Å². The van der Waals surface area contributed by atoms with E-state index < -0.39 is 0 Å². The lowest BCUT2D eigenvalue weighted by Gasteiger charge is -2.21. The molecule has 29 heavy (non-hydrogen) atoms. The summed E-state index contributed by atoms with van der Waals surface area (Å²) in [6, 6.07) is 17.8. The molecule has 3 aromatic rings. The number of anilines is 2. The molecule has 0 aliphatic carbocycles. The summed E-state index contributed by atoms with van der Waals surface area (Å²) in [6.45, 7) is 2.49. The van der Waals surface area contributed by atoms with Crippen molar-refractivity contribution in [2.24, 2.45) is 5.92 Å². The van der Waals surface area contributed by atoms with Gasteiger partial charge in [0.2, 0.25) is 0 Å². The van der Waals surface area contributed by atoms with Gasteiger partial charge in [0.1, 0.15) is 5.75 Å². The number of ether oxygens (including phenoxy) is 1. The largest absolute Gasteiger partial charge is 0.495 e. The van der Waals surface area contributed by atoms with Crippen LogP contribution in [-0.2, 0) is 0 Å². The van der Waals surface area contributed by atoms with Gasteiger partial charge in [0.05, 0.1) is 18.5 Å². The molecule has 2 heterocycles. The summed E-state index contributed by atoms with van der Waals surface area (Å²) in [7, 11) is 1.69. The van der Waals surface area contributed by atoms with E-state index in [1.807, 2.05) is 53.9 Å². The molecule has 1 saturated heterocycles. The first-order valence-electron chi connectivity index (χ1n) is 9.66. The number of thiazole rings is 1. The topological polar surface area (TPSA) is 66.5 Å². The van der Waals surface area contributed by atoms with Gasteiger partial charge in [-0.2, -0.15) is 0 Å². The van der Waals surface area contributed by atoms with Gasteiger partial charge in [-0.05, 0) is 24.5 Å². The lowest BCUT2D eigenvalue weighted by atomic mass is 10.1. The number of hydrogen-bond donors (Lipinski definition) is 2. The zero-order valence-corrected chi connectivity index (χ0v) is 17.1. The highest BCUT2D eigenvalue weighted by Crippen LogP contribution is 2.31. The summed E-state index contributed by atoms with van der Waals surface area (Å²) in [5.74, 6) is 1.29. The Bertz CT molecular complexity index is 960. The molecule has 0 spiro atoms. The number of para-hydroxylation sites is 2. The Labute approximate surface area is 174 Å². The molecule has 1 aromatic heterocycles. The first-order valence-corrected chi connectivity index (χ1v) is 10.5. The van der Waals surface area contributed by atoms with E-state index in [2.05, 4.69) is 26.6 Å². The van der Waals surface area contributed by atoms with Gasteiger partial charge < -0.3 is 15.0 Å². The van der Waals surface area contributed by atoms with Gasteiger partial charge in [0.25, 0.3) is 0 Å². The van der Waals surface area contributed by atoms with E-state index in [0.717, 1.165) is 42.2 Å². The van der Waals surface area contributed by atoms with E-state index in [-0.39, 0.29) is 6.03 Å². The second-order valence-electron chi connectivity index (χ2n) is 7.01. The summed E-state index contributed by atoms with van der Waals surface area (Å²) >= 11 is 1.43. The Hall–Kier alpha value is -3.06. The fraction of sp³-hybridized carbons (Fsp3) is 0.273. The standard InChI is InChI=1S/C22H24N4O2S/c1-28-20-10-6-5-9-19(20)26-12-11-16(14-26)13-23-21(27)25-22-24-18(15-29-22)17-7-3-2-4-8-17/h2-10,15-16H,11-14H2,1H3,(H2,23,24,25,27). The highest BCUT2D eigenvalue weighted by Gasteiger charge is 2.25. The number of nitrogens with one attached hydrogen (secondary N) is 2. The zero-order chi connectivity index (χ0) is 20.1. The molecule has 0 radical (unpaired) electrons. The van der Waals surface area contributed by atoms with Crippen molar-refractivity contribution in [3.8, 4) is 17.0 Å². The third-order valence-corrected chi connectivity index (χ3v) is 5.81. The summed E-state index contributed by atoms with van der Waals surface area (Å²) in [6.07, 6.45) is 1.04. The number of benzene rings is 2. The first-order chi connectivity index (χ1) is 14.2. The van der Waals surface area contributed by atoms with Crippen molar-refractivity contribution < 1.29 is 9.53 Å². The van der Waals surface area contributed by atoms with E-state index in [1.54, 1.807) is 7.11 Å². The van der Waals surface area contributed by atoms with Crippen LogP contribution >= 0.6 is 11.3 Å². The number of carbonyl (C=O) groups is 1. The molecule has 4 rings (SSSR count). The van der Waals surface area contributed by atoms with Crippen LogP contribution < -0.4 is 20.3 Å². The van der Waals surface area contributed by atoms with Crippen LogP contribution in [-0.4, -0.2) is 37.8 Å². The molecule has 1 fully saturated rings. The number of rotatable bonds is 6.